The molecule has 3 unspecified atom stereocenters. The number of rotatable bonds is 8. The smallest absolute Gasteiger partial charge is 0.371 e. The molecule has 3 atom stereocenters. The van der Waals surface area contributed by atoms with Crippen molar-refractivity contribution in [1.29, 1.82) is 0 Å². The molecule has 0 amide bonds. The van der Waals surface area contributed by atoms with E-state index in [1.165, 1.54) is 0 Å². The molecule has 118 valence electrons. The van der Waals surface area contributed by atoms with Crippen molar-refractivity contribution < 1.29 is 27.8 Å². The van der Waals surface area contributed by atoms with E-state index in [9.17, 15) is 0 Å². The van der Waals surface area contributed by atoms with Gasteiger partial charge in [0.1, 0.15) is 11.8 Å². The van der Waals surface area contributed by atoms with Crippen LogP contribution in [-0.2, 0) is 27.8 Å². The average Bonchev–Trinajstić information content (AvgIpc) is 3.32. The minimum atomic E-state index is -2.53. The summed E-state index contributed by atoms with van der Waals surface area (Å²) in [5, 5.41) is 0. The van der Waals surface area contributed by atoms with Gasteiger partial charge >= 0.3 is 8.56 Å². The molecular weight excluding hydrogens is 280 g/mol. The van der Waals surface area contributed by atoms with Crippen molar-refractivity contribution in [2.45, 2.75) is 50.0 Å². The maximum atomic E-state index is 6.22. The second-order valence-electron chi connectivity index (χ2n) is 5.25. The van der Waals surface area contributed by atoms with Gasteiger partial charge in [0, 0.05) is 27.8 Å². The molecule has 2 fully saturated rings. The molecule has 2 saturated heterocycles. The van der Waals surface area contributed by atoms with Gasteiger partial charge in [-0.2, -0.15) is 0 Å². The summed E-state index contributed by atoms with van der Waals surface area (Å²) in [5.41, 5.74) is -0.0401. The quantitative estimate of drug-likeness (QED) is 0.385. The fraction of sp³-hybridized carbons (Fsp3) is 1.00. The second-order valence-corrected chi connectivity index (χ2v) is 8.63. The molecule has 0 saturated carbocycles. The van der Waals surface area contributed by atoms with E-state index in [4.69, 9.17) is 27.8 Å². The van der Waals surface area contributed by atoms with Crippen LogP contribution in [-0.4, -0.2) is 60.9 Å². The van der Waals surface area contributed by atoms with Crippen LogP contribution in [0.25, 0.3) is 0 Å². The lowest BCUT2D eigenvalue weighted by Gasteiger charge is -2.46. The lowest BCUT2D eigenvalue weighted by atomic mass is 10.3. The van der Waals surface area contributed by atoms with Gasteiger partial charge in [-0.3, -0.25) is 0 Å². The molecule has 0 N–H and O–H groups in total. The fourth-order valence-corrected chi connectivity index (χ4v) is 6.28. The summed E-state index contributed by atoms with van der Waals surface area (Å²) in [6.45, 7) is 3.48. The summed E-state index contributed by atoms with van der Waals surface area (Å²) in [6.07, 6.45) is 2.74. The van der Waals surface area contributed by atoms with Gasteiger partial charge in [-0.25, -0.2) is 0 Å². The Morgan fingerprint density at radius 3 is 2.50 bits per heavy atom. The van der Waals surface area contributed by atoms with Crippen molar-refractivity contribution in [2.24, 2.45) is 0 Å². The van der Waals surface area contributed by atoms with Gasteiger partial charge in [0.25, 0.3) is 5.97 Å². The van der Waals surface area contributed by atoms with Gasteiger partial charge in [0.15, 0.2) is 0 Å². The summed E-state index contributed by atoms with van der Waals surface area (Å²) in [4.78, 5) is 0. The largest absolute Gasteiger partial charge is 0.396 e. The number of ether oxygens (including phenoxy) is 4. The van der Waals surface area contributed by atoms with E-state index in [2.05, 4.69) is 6.92 Å². The van der Waals surface area contributed by atoms with E-state index in [1.807, 2.05) is 0 Å². The van der Waals surface area contributed by atoms with E-state index in [0.29, 0.717) is 13.0 Å². The van der Waals surface area contributed by atoms with E-state index >= 15 is 0 Å². The monoisotopic (exact) mass is 306 g/mol. The molecule has 0 bridgehead atoms. The fourth-order valence-electron chi connectivity index (χ4n) is 2.73. The first-order chi connectivity index (χ1) is 9.63. The molecule has 2 aliphatic heterocycles. The van der Waals surface area contributed by atoms with Crippen molar-refractivity contribution in [3.8, 4) is 0 Å². The van der Waals surface area contributed by atoms with E-state index in [-0.39, 0.29) is 11.8 Å². The number of methoxy groups -OCH3 is 2. The molecular formula is C13H26O6Si. The van der Waals surface area contributed by atoms with Gasteiger partial charge in [0.05, 0.1) is 13.2 Å². The van der Waals surface area contributed by atoms with Crippen molar-refractivity contribution in [3.05, 3.63) is 0 Å². The third-order valence-corrected chi connectivity index (χ3v) is 8.01. The van der Waals surface area contributed by atoms with E-state index in [1.54, 1.807) is 21.3 Å². The molecule has 7 heteroatoms. The Labute approximate surface area is 121 Å². The van der Waals surface area contributed by atoms with E-state index in [0.717, 1.165) is 25.5 Å². The minimum Gasteiger partial charge on any atom is -0.396 e. The molecule has 6 nitrogen and oxygen atoms in total. The lowest BCUT2D eigenvalue weighted by Crippen LogP contribution is -2.62. The Kier molecular flexibility index (Phi) is 5.58. The Morgan fingerprint density at radius 1 is 1.30 bits per heavy atom. The zero-order chi connectivity index (χ0) is 14.6. The van der Waals surface area contributed by atoms with Crippen LogP contribution >= 0.6 is 0 Å². The highest BCUT2D eigenvalue weighted by Crippen LogP contribution is 2.38. The van der Waals surface area contributed by atoms with Gasteiger partial charge in [-0.05, 0) is 18.9 Å². The van der Waals surface area contributed by atoms with Crippen LogP contribution in [0.15, 0.2) is 0 Å². The molecule has 0 aliphatic carbocycles. The maximum Gasteiger partial charge on any atom is 0.371 e. The Balaban J connectivity index is 2.08. The molecule has 2 rings (SSSR count). The summed E-state index contributed by atoms with van der Waals surface area (Å²) in [5.74, 6) is -0.993. The van der Waals surface area contributed by atoms with Gasteiger partial charge in [-0.15, -0.1) is 0 Å². The predicted octanol–water partition coefficient (Wildman–Crippen LogP) is 1.57. The van der Waals surface area contributed by atoms with Crippen molar-refractivity contribution in [1.82, 2.24) is 0 Å². The zero-order valence-electron chi connectivity index (χ0n) is 12.8. The predicted molar refractivity (Wildman–Crippen MR) is 74.4 cm³/mol. The van der Waals surface area contributed by atoms with E-state index < -0.39 is 14.5 Å². The third-order valence-electron chi connectivity index (χ3n) is 4.05. The highest BCUT2D eigenvalue weighted by molar-refractivity contribution is 6.69. The minimum absolute atomic E-state index is 0.0401. The maximum absolute atomic E-state index is 6.22. The van der Waals surface area contributed by atoms with Crippen LogP contribution in [0, 0.1) is 0 Å². The van der Waals surface area contributed by atoms with Crippen molar-refractivity contribution in [3.63, 3.8) is 0 Å². The number of hydrogen-bond donors (Lipinski definition) is 0. The molecule has 0 aromatic rings. The summed E-state index contributed by atoms with van der Waals surface area (Å²) in [6, 6.07) is 0.891. The average molecular weight is 306 g/mol. The van der Waals surface area contributed by atoms with Gasteiger partial charge in [0.2, 0.25) is 0 Å². The molecule has 0 radical (unpaired) electrons. The number of epoxide rings is 1. The van der Waals surface area contributed by atoms with Crippen molar-refractivity contribution in [2.75, 3.05) is 34.5 Å². The van der Waals surface area contributed by atoms with Crippen LogP contribution in [0.1, 0.15) is 26.2 Å². The van der Waals surface area contributed by atoms with Crippen molar-refractivity contribution >= 4 is 8.56 Å². The third kappa shape index (κ3) is 3.41. The first kappa shape index (κ1) is 16.3. The SMILES string of the molecule is CCC(OCC1CO1)[Si]1(OC)CCCC(OC)(OC)O1. The molecule has 20 heavy (non-hydrogen) atoms. The van der Waals surface area contributed by atoms with Gasteiger partial charge < -0.3 is 27.8 Å². The molecule has 0 aromatic carbocycles. The molecule has 0 spiro atoms. The normalized spacial score (nSPS) is 33.9. The topological polar surface area (TPSA) is 58.7 Å². The summed E-state index contributed by atoms with van der Waals surface area (Å²) in [7, 11) is 2.37. The second kappa shape index (κ2) is 6.82. The summed E-state index contributed by atoms with van der Waals surface area (Å²) < 4.78 is 34.2. The Bertz CT molecular complexity index is 307. The lowest BCUT2D eigenvalue weighted by molar-refractivity contribution is -0.343. The molecule has 2 heterocycles. The molecule has 2 aliphatic rings. The highest BCUT2D eigenvalue weighted by atomic mass is 28.4. The molecule has 0 aromatic heterocycles. The van der Waals surface area contributed by atoms with Crippen LogP contribution in [0.3, 0.4) is 0 Å². The highest BCUT2D eigenvalue weighted by Gasteiger charge is 2.55. The van der Waals surface area contributed by atoms with Crippen LogP contribution in [0.5, 0.6) is 0 Å². The Hall–Kier alpha value is -0.0231. The summed E-state index contributed by atoms with van der Waals surface area (Å²) >= 11 is 0. The first-order valence-electron chi connectivity index (χ1n) is 7.22. The standard InChI is InChI=1S/C13H26O6Si/c1-5-12(18-10-11-9-17-11)20(16-4)8-6-7-13(14-2,15-3)19-20/h11-12H,5-10H2,1-4H3. The van der Waals surface area contributed by atoms with Crippen LogP contribution in [0.2, 0.25) is 6.04 Å². The Morgan fingerprint density at radius 2 is 2.00 bits per heavy atom. The van der Waals surface area contributed by atoms with Crippen LogP contribution in [0.4, 0.5) is 0 Å². The van der Waals surface area contributed by atoms with Gasteiger partial charge in [-0.1, -0.05) is 6.92 Å². The first-order valence-corrected chi connectivity index (χ1v) is 9.32. The van der Waals surface area contributed by atoms with Crippen LogP contribution < -0.4 is 0 Å². The zero-order valence-corrected chi connectivity index (χ0v) is 13.8. The number of hydrogen-bond acceptors (Lipinski definition) is 6.